The molecule has 3 N–H and O–H groups in total. The maximum absolute atomic E-state index is 9.94. The Labute approximate surface area is 109 Å². The van der Waals surface area contributed by atoms with Crippen LogP contribution in [0.5, 0.6) is 0 Å². The van der Waals surface area contributed by atoms with E-state index in [1.54, 1.807) is 0 Å². The van der Waals surface area contributed by atoms with E-state index in [0.29, 0.717) is 6.54 Å². The lowest BCUT2D eigenvalue weighted by Crippen LogP contribution is -2.57. The number of aliphatic hydroxyl groups excluding tert-OH is 1. The van der Waals surface area contributed by atoms with Crippen LogP contribution >= 0.6 is 0 Å². The molecule has 100 valence electrons. The van der Waals surface area contributed by atoms with Gasteiger partial charge < -0.3 is 10.8 Å². The predicted molar refractivity (Wildman–Crippen MR) is 73.2 cm³/mol. The average molecular weight is 249 g/mol. The van der Waals surface area contributed by atoms with E-state index in [-0.39, 0.29) is 6.04 Å². The van der Waals surface area contributed by atoms with Crippen molar-refractivity contribution in [2.24, 2.45) is 5.73 Å². The molecule has 0 spiro atoms. The minimum absolute atomic E-state index is 0.146. The monoisotopic (exact) mass is 249 g/mol. The van der Waals surface area contributed by atoms with Gasteiger partial charge in [0.05, 0.1) is 6.10 Å². The zero-order valence-corrected chi connectivity index (χ0v) is 11.0. The maximum atomic E-state index is 9.94. The molecule has 0 bridgehead atoms. The maximum Gasteiger partial charge on any atom is 0.0829 e. The van der Waals surface area contributed by atoms with Crippen molar-refractivity contribution in [2.75, 3.05) is 33.2 Å². The van der Waals surface area contributed by atoms with Crippen LogP contribution < -0.4 is 5.73 Å². The molecule has 0 radical (unpaired) electrons. The number of nitrogens with zero attached hydrogens (tertiary/aromatic N) is 2. The summed E-state index contributed by atoms with van der Waals surface area (Å²) < 4.78 is 0. The van der Waals surface area contributed by atoms with Gasteiger partial charge in [-0.2, -0.15) is 0 Å². The fourth-order valence-corrected chi connectivity index (χ4v) is 2.52. The average Bonchev–Trinajstić information content (AvgIpc) is 2.41. The van der Waals surface area contributed by atoms with Crippen LogP contribution in [0.2, 0.25) is 0 Å². The molecule has 1 fully saturated rings. The van der Waals surface area contributed by atoms with Gasteiger partial charge in [-0.25, -0.2) is 0 Å². The summed E-state index contributed by atoms with van der Waals surface area (Å²) in [5.74, 6) is 0. The van der Waals surface area contributed by atoms with Crippen LogP contribution in [0.25, 0.3) is 0 Å². The van der Waals surface area contributed by atoms with E-state index < -0.39 is 6.10 Å². The summed E-state index contributed by atoms with van der Waals surface area (Å²) in [6, 6.07) is 10.6. The zero-order valence-electron chi connectivity index (χ0n) is 11.0. The Kier molecular flexibility index (Phi) is 4.72. The Morgan fingerprint density at radius 2 is 2.06 bits per heavy atom. The molecule has 0 amide bonds. The van der Waals surface area contributed by atoms with Gasteiger partial charge in [0.15, 0.2) is 0 Å². The van der Waals surface area contributed by atoms with E-state index in [0.717, 1.165) is 26.2 Å². The number of benzene rings is 1. The van der Waals surface area contributed by atoms with E-state index in [9.17, 15) is 5.11 Å². The van der Waals surface area contributed by atoms with E-state index >= 15 is 0 Å². The van der Waals surface area contributed by atoms with E-state index in [2.05, 4.69) is 41.1 Å². The zero-order chi connectivity index (χ0) is 13.0. The van der Waals surface area contributed by atoms with Gasteiger partial charge in [-0.05, 0) is 12.6 Å². The molecular formula is C14H23N3O. The van der Waals surface area contributed by atoms with Crippen molar-refractivity contribution < 1.29 is 5.11 Å². The van der Waals surface area contributed by atoms with Gasteiger partial charge in [-0.1, -0.05) is 30.3 Å². The molecule has 4 nitrogen and oxygen atoms in total. The van der Waals surface area contributed by atoms with Crippen molar-refractivity contribution >= 4 is 0 Å². The van der Waals surface area contributed by atoms with Crippen LogP contribution in [-0.2, 0) is 6.54 Å². The van der Waals surface area contributed by atoms with Gasteiger partial charge >= 0.3 is 0 Å². The molecule has 1 aliphatic rings. The molecule has 1 heterocycles. The number of hydrogen-bond donors (Lipinski definition) is 2. The molecule has 18 heavy (non-hydrogen) atoms. The molecule has 0 aliphatic carbocycles. The molecule has 1 aliphatic heterocycles. The standard InChI is InChI=1S/C14H23N3O/c1-16-7-8-17(11-13(16)14(18)9-15)10-12-5-3-2-4-6-12/h2-6,13-14,18H,7-11,15H2,1H3. The molecule has 4 heteroatoms. The van der Waals surface area contributed by atoms with Gasteiger partial charge in [0.2, 0.25) is 0 Å². The first-order chi connectivity index (χ1) is 8.70. The first-order valence-electron chi connectivity index (χ1n) is 6.55. The molecule has 2 unspecified atom stereocenters. The first-order valence-corrected chi connectivity index (χ1v) is 6.55. The van der Waals surface area contributed by atoms with Crippen molar-refractivity contribution in [3.05, 3.63) is 35.9 Å². The summed E-state index contributed by atoms with van der Waals surface area (Å²) in [5, 5.41) is 9.94. The third-order valence-electron chi connectivity index (χ3n) is 3.71. The van der Waals surface area contributed by atoms with Crippen LogP contribution in [0, 0.1) is 0 Å². The minimum Gasteiger partial charge on any atom is -0.390 e. The molecule has 0 aromatic heterocycles. The number of rotatable bonds is 4. The van der Waals surface area contributed by atoms with Crippen molar-refractivity contribution in [3.8, 4) is 0 Å². The van der Waals surface area contributed by atoms with E-state index in [1.807, 2.05) is 6.07 Å². The molecular weight excluding hydrogens is 226 g/mol. The summed E-state index contributed by atoms with van der Waals surface area (Å²) in [6.07, 6.45) is -0.437. The van der Waals surface area contributed by atoms with Crippen molar-refractivity contribution in [2.45, 2.75) is 18.7 Å². The number of likely N-dealkylation sites (N-methyl/N-ethyl adjacent to an activating group) is 1. The van der Waals surface area contributed by atoms with Crippen LogP contribution in [0.3, 0.4) is 0 Å². The van der Waals surface area contributed by atoms with Crippen LogP contribution in [0.4, 0.5) is 0 Å². The lowest BCUT2D eigenvalue weighted by atomic mass is 10.1. The summed E-state index contributed by atoms with van der Waals surface area (Å²) >= 11 is 0. The Bertz CT molecular complexity index is 353. The van der Waals surface area contributed by atoms with Gasteiger partial charge in [0.1, 0.15) is 0 Å². The Balaban J connectivity index is 1.95. The summed E-state index contributed by atoms with van der Waals surface area (Å²) in [6.45, 7) is 4.17. The normalized spacial score (nSPS) is 24.1. The number of piperazine rings is 1. The topological polar surface area (TPSA) is 52.7 Å². The predicted octanol–water partition coefficient (Wildman–Crippen LogP) is 0.122. The molecule has 1 saturated heterocycles. The highest BCUT2D eigenvalue weighted by Gasteiger charge is 2.29. The third kappa shape index (κ3) is 3.29. The SMILES string of the molecule is CN1CCN(Cc2ccccc2)CC1C(O)CN. The summed E-state index contributed by atoms with van der Waals surface area (Å²) in [5.41, 5.74) is 6.89. The quantitative estimate of drug-likeness (QED) is 0.796. The molecule has 1 aromatic rings. The number of aliphatic hydroxyl groups is 1. The highest BCUT2D eigenvalue weighted by atomic mass is 16.3. The van der Waals surface area contributed by atoms with Gasteiger partial charge in [0.25, 0.3) is 0 Å². The number of hydrogen-bond acceptors (Lipinski definition) is 4. The van der Waals surface area contributed by atoms with Crippen LogP contribution in [-0.4, -0.2) is 60.3 Å². The Morgan fingerprint density at radius 1 is 1.33 bits per heavy atom. The lowest BCUT2D eigenvalue weighted by molar-refractivity contribution is 0.00873. The highest BCUT2D eigenvalue weighted by Crippen LogP contribution is 2.14. The summed E-state index contributed by atoms with van der Waals surface area (Å²) in [4.78, 5) is 4.60. The summed E-state index contributed by atoms with van der Waals surface area (Å²) in [7, 11) is 2.06. The largest absolute Gasteiger partial charge is 0.390 e. The molecule has 1 aromatic carbocycles. The second kappa shape index (κ2) is 6.29. The molecule has 2 atom stereocenters. The fraction of sp³-hybridized carbons (Fsp3) is 0.571. The molecule has 2 rings (SSSR count). The third-order valence-corrected chi connectivity index (χ3v) is 3.71. The van der Waals surface area contributed by atoms with Gasteiger partial charge in [-0.15, -0.1) is 0 Å². The highest BCUT2D eigenvalue weighted by molar-refractivity contribution is 5.14. The fourth-order valence-electron chi connectivity index (χ4n) is 2.52. The van der Waals surface area contributed by atoms with Gasteiger partial charge in [0, 0.05) is 38.8 Å². The van der Waals surface area contributed by atoms with Crippen LogP contribution in [0.15, 0.2) is 30.3 Å². The minimum atomic E-state index is -0.437. The lowest BCUT2D eigenvalue weighted by Gasteiger charge is -2.41. The van der Waals surface area contributed by atoms with Gasteiger partial charge in [-0.3, -0.25) is 9.80 Å². The second-order valence-corrected chi connectivity index (χ2v) is 5.07. The van der Waals surface area contributed by atoms with E-state index in [1.165, 1.54) is 5.56 Å². The van der Waals surface area contributed by atoms with Crippen LogP contribution in [0.1, 0.15) is 5.56 Å². The Morgan fingerprint density at radius 3 is 2.72 bits per heavy atom. The molecule has 0 saturated carbocycles. The first kappa shape index (κ1) is 13.5. The van der Waals surface area contributed by atoms with Crippen molar-refractivity contribution in [3.63, 3.8) is 0 Å². The second-order valence-electron chi connectivity index (χ2n) is 5.07. The smallest absolute Gasteiger partial charge is 0.0829 e. The van der Waals surface area contributed by atoms with Crippen molar-refractivity contribution in [1.82, 2.24) is 9.80 Å². The number of nitrogens with two attached hydrogens (primary N) is 1. The Hall–Kier alpha value is -0.940. The van der Waals surface area contributed by atoms with Crippen molar-refractivity contribution in [1.29, 1.82) is 0 Å². The van der Waals surface area contributed by atoms with E-state index in [4.69, 9.17) is 5.73 Å².